The van der Waals surface area contributed by atoms with Crippen molar-refractivity contribution >= 4 is 56.3 Å². The molecule has 4 heterocycles. The highest BCUT2D eigenvalue weighted by Crippen LogP contribution is 2.54. The second kappa shape index (κ2) is 12.7. The summed E-state index contributed by atoms with van der Waals surface area (Å²) >= 11 is 0. The fraction of sp³-hybridized carbons (Fsp3) is 0. The van der Waals surface area contributed by atoms with Crippen LogP contribution in [-0.2, 0) is 0 Å². The predicted octanol–water partition coefficient (Wildman–Crippen LogP) is 14.1. The highest BCUT2D eigenvalue weighted by atomic mass is 16.5. The minimum absolute atomic E-state index is 0.497. The molecular weight excluding hydrogens is 721 g/mol. The second-order valence-corrected chi connectivity index (χ2v) is 14.2. The minimum Gasteiger partial charge on any atom is -0.453 e. The van der Waals surface area contributed by atoms with Crippen molar-refractivity contribution in [3.63, 3.8) is 0 Å². The zero-order chi connectivity index (χ0) is 38.2. The number of hydrogen-bond acceptors (Lipinski definition) is 8. The summed E-state index contributed by atoms with van der Waals surface area (Å²) in [6.45, 7) is 0. The Bertz CT molecular complexity index is 2870. The summed E-state index contributed by atoms with van der Waals surface area (Å²) in [7, 11) is 0. The van der Waals surface area contributed by atoms with E-state index in [0.717, 1.165) is 90.4 Å². The average Bonchev–Trinajstić information content (AvgIpc) is 3.92. The fourth-order valence-electron chi connectivity index (χ4n) is 8.11. The van der Waals surface area contributed by atoms with Crippen molar-refractivity contribution < 1.29 is 18.3 Å². The molecule has 0 amide bonds. The maximum atomic E-state index is 6.57. The van der Waals surface area contributed by atoms with Crippen LogP contribution < -0.4 is 19.3 Å². The molecule has 8 nitrogen and oxygen atoms in total. The maximum Gasteiger partial charge on any atom is 0.228 e. The standard InChI is InChI=1S/C50H30N4O4/c1-7-19-43-37(13-1)51-49(57-43)35-29-31(53-39-15-3-9-21-45(39)55-46-22-10-4-16-40(46)53)25-27-33(35)34-28-26-32(30-36(34)50-52-38-14-2-8-20-44(38)58-50)54-41-17-5-11-23-47(41)56-48-24-12-6-18-42(48)54/h1-30H. The Morgan fingerprint density at radius 1 is 0.328 bits per heavy atom. The van der Waals surface area contributed by atoms with E-state index in [0.29, 0.717) is 22.9 Å². The van der Waals surface area contributed by atoms with Gasteiger partial charge in [0.05, 0.1) is 22.7 Å². The van der Waals surface area contributed by atoms with Crippen LogP contribution >= 0.6 is 0 Å². The van der Waals surface area contributed by atoms with Crippen LogP contribution in [-0.4, -0.2) is 9.97 Å². The SMILES string of the molecule is c1ccc2c(c1)Oc1ccccc1N2c1ccc(-c2ccc(N3c4ccccc4Oc4ccccc43)cc2-c2nc3ccccc3o2)c(-c2nc3ccccc3o2)c1. The monoisotopic (exact) mass is 750 g/mol. The first-order chi connectivity index (χ1) is 28.7. The molecule has 12 rings (SSSR count). The molecule has 0 fully saturated rings. The van der Waals surface area contributed by atoms with Crippen molar-refractivity contribution in [1.82, 2.24) is 9.97 Å². The maximum absolute atomic E-state index is 6.57. The first-order valence-electron chi connectivity index (χ1n) is 19.1. The zero-order valence-corrected chi connectivity index (χ0v) is 30.7. The molecule has 0 saturated carbocycles. The van der Waals surface area contributed by atoms with Crippen molar-refractivity contribution in [1.29, 1.82) is 0 Å². The Morgan fingerprint density at radius 2 is 0.672 bits per heavy atom. The Morgan fingerprint density at radius 3 is 1.05 bits per heavy atom. The lowest BCUT2D eigenvalue weighted by Crippen LogP contribution is -2.16. The van der Waals surface area contributed by atoms with E-state index in [1.165, 1.54) is 0 Å². The molecule has 0 aliphatic carbocycles. The molecule has 2 aliphatic heterocycles. The molecule has 2 aliphatic rings. The molecule has 274 valence electrons. The highest BCUT2D eigenvalue weighted by Gasteiger charge is 2.30. The van der Waals surface area contributed by atoms with Crippen molar-refractivity contribution in [3.8, 4) is 57.0 Å². The van der Waals surface area contributed by atoms with E-state index in [9.17, 15) is 0 Å². The van der Waals surface area contributed by atoms with Gasteiger partial charge < -0.3 is 28.1 Å². The van der Waals surface area contributed by atoms with Gasteiger partial charge in [-0.3, -0.25) is 0 Å². The minimum atomic E-state index is 0.497. The predicted molar refractivity (Wildman–Crippen MR) is 227 cm³/mol. The molecule has 0 spiro atoms. The number of anilines is 6. The lowest BCUT2D eigenvalue weighted by atomic mass is 9.93. The van der Waals surface area contributed by atoms with E-state index in [-0.39, 0.29) is 0 Å². The third-order valence-electron chi connectivity index (χ3n) is 10.7. The van der Waals surface area contributed by atoms with Gasteiger partial charge in [0.1, 0.15) is 11.0 Å². The van der Waals surface area contributed by atoms with Gasteiger partial charge in [0.25, 0.3) is 0 Å². The number of fused-ring (bicyclic) bond motifs is 6. The van der Waals surface area contributed by atoms with Gasteiger partial charge in [0, 0.05) is 22.5 Å². The van der Waals surface area contributed by atoms with Crippen LogP contribution in [0, 0.1) is 0 Å². The van der Waals surface area contributed by atoms with Gasteiger partial charge in [-0.1, -0.05) is 84.9 Å². The number of nitrogens with zero attached hydrogens (tertiary/aromatic N) is 4. The van der Waals surface area contributed by atoms with Crippen molar-refractivity contribution in [2.75, 3.05) is 9.80 Å². The molecule has 0 unspecified atom stereocenters. The molecule has 8 aromatic carbocycles. The van der Waals surface area contributed by atoms with Crippen molar-refractivity contribution in [3.05, 3.63) is 182 Å². The molecule has 2 aromatic heterocycles. The first-order valence-corrected chi connectivity index (χ1v) is 19.1. The second-order valence-electron chi connectivity index (χ2n) is 14.2. The fourth-order valence-corrected chi connectivity index (χ4v) is 8.11. The van der Waals surface area contributed by atoms with Crippen LogP contribution in [0.2, 0.25) is 0 Å². The highest BCUT2D eigenvalue weighted by molar-refractivity contribution is 5.97. The molecule has 58 heavy (non-hydrogen) atoms. The summed E-state index contributed by atoms with van der Waals surface area (Å²) in [5, 5.41) is 0. The van der Waals surface area contributed by atoms with E-state index < -0.39 is 0 Å². The largest absolute Gasteiger partial charge is 0.453 e. The average molecular weight is 751 g/mol. The molecule has 0 atom stereocenters. The number of aromatic nitrogens is 2. The molecule has 0 saturated heterocycles. The quantitative estimate of drug-likeness (QED) is 0.172. The van der Waals surface area contributed by atoms with Gasteiger partial charge in [-0.25, -0.2) is 9.97 Å². The van der Waals surface area contributed by atoms with Crippen LogP contribution in [0.1, 0.15) is 0 Å². The van der Waals surface area contributed by atoms with E-state index >= 15 is 0 Å². The summed E-state index contributed by atoms with van der Waals surface area (Å²) in [6.07, 6.45) is 0. The van der Waals surface area contributed by atoms with E-state index in [4.69, 9.17) is 28.3 Å². The summed E-state index contributed by atoms with van der Waals surface area (Å²) in [6, 6.07) is 60.9. The van der Waals surface area contributed by atoms with Crippen molar-refractivity contribution in [2.45, 2.75) is 0 Å². The lowest BCUT2D eigenvalue weighted by Gasteiger charge is -2.33. The van der Waals surface area contributed by atoms with Crippen LogP contribution in [0.4, 0.5) is 34.1 Å². The number of para-hydroxylation sites is 12. The number of benzene rings is 8. The topological polar surface area (TPSA) is 77.0 Å². The number of rotatable bonds is 5. The Kier molecular flexibility index (Phi) is 7.06. The van der Waals surface area contributed by atoms with Gasteiger partial charge in [0.2, 0.25) is 11.8 Å². The third kappa shape index (κ3) is 5.09. The van der Waals surface area contributed by atoms with E-state index in [1.807, 2.05) is 121 Å². The van der Waals surface area contributed by atoms with Gasteiger partial charge in [-0.2, -0.15) is 0 Å². The zero-order valence-electron chi connectivity index (χ0n) is 30.7. The molecular formula is C50H30N4O4. The first kappa shape index (κ1) is 32.2. The lowest BCUT2D eigenvalue weighted by molar-refractivity contribution is 0.476. The molecule has 10 aromatic rings. The number of ether oxygens (including phenoxy) is 2. The van der Waals surface area contributed by atoms with Gasteiger partial charge in [-0.15, -0.1) is 0 Å². The summed E-state index contributed by atoms with van der Waals surface area (Å²) in [5.41, 5.74) is 11.9. The van der Waals surface area contributed by atoms with E-state index in [1.54, 1.807) is 0 Å². The molecule has 0 radical (unpaired) electrons. The molecule has 0 N–H and O–H groups in total. The Hall–Kier alpha value is -8.10. The van der Waals surface area contributed by atoms with Gasteiger partial charge >= 0.3 is 0 Å². The summed E-state index contributed by atoms with van der Waals surface area (Å²) in [4.78, 5) is 14.6. The Labute approximate surface area is 332 Å². The van der Waals surface area contributed by atoms with Crippen LogP contribution in [0.25, 0.3) is 56.2 Å². The summed E-state index contributed by atoms with van der Waals surface area (Å²) in [5.74, 6) is 4.08. The molecule has 0 bridgehead atoms. The summed E-state index contributed by atoms with van der Waals surface area (Å²) < 4.78 is 25.9. The third-order valence-corrected chi connectivity index (χ3v) is 10.7. The van der Waals surface area contributed by atoms with Crippen LogP contribution in [0.3, 0.4) is 0 Å². The normalized spacial score (nSPS) is 12.7. The number of hydrogen-bond donors (Lipinski definition) is 0. The van der Waals surface area contributed by atoms with Crippen molar-refractivity contribution in [2.24, 2.45) is 0 Å². The Balaban J connectivity index is 1.11. The smallest absolute Gasteiger partial charge is 0.228 e. The van der Waals surface area contributed by atoms with Gasteiger partial charge in [-0.05, 0) is 108 Å². The van der Waals surface area contributed by atoms with Crippen LogP contribution in [0.15, 0.2) is 191 Å². The number of oxazole rings is 2. The molecule has 8 heteroatoms. The van der Waals surface area contributed by atoms with Crippen LogP contribution in [0.5, 0.6) is 23.0 Å². The van der Waals surface area contributed by atoms with Gasteiger partial charge in [0.15, 0.2) is 34.2 Å². The van der Waals surface area contributed by atoms with E-state index in [2.05, 4.69) is 70.5 Å².